The second kappa shape index (κ2) is 7.76. The topological polar surface area (TPSA) is 96.4 Å². The van der Waals surface area contributed by atoms with Gasteiger partial charge in [-0.3, -0.25) is 9.08 Å². The van der Waals surface area contributed by atoms with Crippen LogP contribution in [0.4, 0.5) is 29.3 Å². The number of aliphatic hydroxyl groups is 1. The van der Waals surface area contributed by atoms with Gasteiger partial charge in [-0.05, 0) is 6.42 Å². The van der Waals surface area contributed by atoms with E-state index in [0.29, 0.717) is 0 Å². The molecule has 2 saturated heterocycles. The molecule has 0 saturated carbocycles. The summed E-state index contributed by atoms with van der Waals surface area (Å²) in [6, 6.07) is 1.83. The highest BCUT2D eigenvalue weighted by molar-refractivity contribution is 7.85. The Kier molecular flexibility index (Phi) is 5.73. The first-order valence-corrected chi connectivity index (χ1v) is 10.3. The van der Waals surface area contributed by atoms with E-state index in [0.717, 1.165) is 28.2 Å². The van der Waals surface area contributed by atoms with Crippen LogP contribution in [0.5, 0.6) is 0 Å². The number of ether oxygens (including phenoxy) is 1. The van der Waals surface area contributed by atoms with Crippen LogP contribution in [-0.4, -0.2) is 70.5 Å². The summed E-state index contributed by atoms with van der Waals surface area (Å²) in [5.41, 5.74) is -0.567. The van der Waals surface area contributed by atoms with Crippen molar-refractivity contribution in [2.24, 2.45) is 0 Å². The monoisotopic (exact) mass is 424 g/mol. The van der Waals surface area contributed by atoms with E-state index in [4.69, 9.17) is 4.74 Å². The van der Waals surface area contributed by atoms with Gasteiger partial charge < -0.3 is 14.7 Å². The summed E-state index contributed by atoms with van der Waals surface area (Å²) in [7, 11) is -3.73. The van der Waals surface area contributed by atoms with Gasteiger partial charge in [0, 0.05) is 18.7 Å². The number of alkyl halides is 1. The number of hydrogen-bond donors (Lipinski definition) is 1. The molecule has 0 radical (unpaired) electrons. The molecule has 1 N–H and O–H groups in total. The summed E-state index contributed by atoms with van der Waals surface area (Å²) < 4.78 is 74.3. The van der Waals surface area contributed by atoms with Crippen LogP contribution in [0.15, 0.2) is 12.1 Å². The van der Waals surface area contributed by atoms with E-state index in [1.807, 2.05) is 0 Å². The molecule has 1 amide bonds. The maximum Gasteiger partial charge on any atom is 0.414 e. The quantitative estimate of drug-likeness (QED) is 0.709. The first-order chi connectivity index (χ1) is 13.0. The fraction of sp³-hybridized carbons (Fsp3) is 0.562. The lowest BCUT2D eigenvalue weighted by atomic mass is 10.0. The zero-order valence-electron chi connectivity index (χ0n) is 14.8. The first-order valence-electron chi connectivity index (χ1n) is 8.44. The summed E-state index contributed by atoms with van der Waals surface area (Å²) in [6.45, 7) is -0.858. The van der Waals surface area contributed by atoms with Crippen LogP contribution in [0.3, 0.4) is 0 Å². The molecule has 2 aliphatic rings. The van der Waals surface area contributed by atoms with Crippen molar-refractivity contribution in [1.82, 2.24) is 0 Å². The number of carbonyl (C=O) groups excluding carboxylic acids is 1. The molecule has 1 aromatic rings. The maximum absolute atomic E-state index is 14.6. The van der Waals surface area contributed by atoms with Gasteiger partial charge in [0.25, 0.3) is 10.1 Å². The Bertz CT molecular complexity index is 845. The lowest BCUT2D eigenvalue weighted by molar-refractivity contribution is 0.0612. The zero-order valence-corrected chi connectivity index (χ0v) is 15.7. The molecule has 0 spiro atoms. The number of piperidine rings is 1. The van der Waals surface area contributed by atoms with E-state index >= 15 is 0 Å². The fourth-order valence-corrected chi connectivity index (χ4v) is 3.52. The Morgan fingerprint density at radius 1 is 1.29 bits per heavy atom. The predicted molar refractivity (Wildman–Crippen MR) is 92.5 cm³/mol. The van der Waals surface area contributed by atoms with Crippen LogP contribution in [0.25, 0.3) is 0 Å². The zero-order chi connectivity index (χ0) is 20.6. The van der Waals surface area contributed by atoms with Gasteiger partial charge in [-0.1, -0.05) is 0 Å². The van der Waals surface area contributed by atoms with Gasteiger partial charge in [-0.25, -0.2) is 18.0 Å². The predicted octanol–water partition coefficient (Wildman–Crippen LogP) is 1.18. The number of halogens is 3. The number of nitrogens with zero attached hydrogens (tertiary/aromatic N) is 2. The molecule has 2 unspecified atom stereocenters. The average Bonchev–Trinajstić information content (AvgIpc) is 2.96. The van der Waals surface area contributed by atoms with E-state index < -0.39 is 58.5 Å². The minimum Gasteiger partial charge on any atom is -0.441 e. The molecule has 1 aromatic carbocycles. The molecule has 156 valence electrons. The number of cyclic esters (lactones) is 1. The normalized spacial score (nSPS) is 25.9. The van der Waals surface area contributed by atoms with Crippen LogP contribution < -0.4 is 9.80 Å². The van der Waals surface area contributed by atoms with E-state index in [1.165, 1.54) is 0 Å². The largest absolute Gasteiger partial charge is 0.441 e. The number of rotatable bonds is 5. The number of carbonyl (C=O) groups is 1. The van der Waals surface area contributed by atoms with E-state index in [1.54, 1.807) is 0 Å². The van der Waals surface area contributed by atoms with E-state index in [9.17, 15) is 31.5 Å². The second-order valence-corrected chi connectivity index (χ2v) is 8.33. The van der Waals surface area contributed by atoms with Crippen molar-refractivity contribution in [3.05, 3.63) is 23.8 Å². The molecule has 0 aliphatic carbocycles. The second-order valence-electron chi connectivity index (χ2n) is 6.68. The van der Waals surface area contributed by atoms with Gasteiger partial charge >= 0.3 is 6.09 Å². The fourth-order valence-electron chi connectivity index (χ4n) is 3.12. The summed E-state index contributed by atoms with van der Waals surface area (Å²) >= 11 is 0. The highest BCUT2D eigenvalue weighted by Gasteiger charge is 2.35. The maximum atomic E-state index is 14.6. The van der Waals surface area contributed by atoms with Crippen LogP contribution >= 0.6 is 0 Å². The molecular weight excluding hydrogens is 405 g/mol. The molecular formula is C16H19F3N2O6S. The SMILES string of the molecule is CS(=O)(=O)OC[C@H]1CN(c2cc(F)c(N3CCC(O)C(F)C3)c(F)c2)C(=O)O1. The molecule has 2 heterocycles. The Balaban J connectivity index is 1.76. The Labute approximate surface area is 159 Å². The van der Waals surface area contributed by atoms with Gasteiger partial charge in [0.05, 0.1) is 31.1 Å². The number of aliphatic hydroxyl groups excluding tert-OH is 1. The van der Waals surface area contributed by atoms with Crippen molar-refractivity contribution in [1.29, 1.82) is 0 Å². The summed E-state index contributed by atoms with van der Waals surface area (Å²) in [5, 5.41) is 9.42. The van der Waals surface area contributed by atoms with Crippen LogP contribution in [0, 0.1) is 11.6 Å². The van der Waals surface area contributed by atoms with Crippen molar-refractivity contribution < 1.29 is 40.4 Å². The lowest BCUT2D eigenvalue weighted by Crippen LogP contribution is -2.45. The molecule has 0 bridgehead atoms. The molecule has 3 rings (SSSR count). The van der Waals surface area contributed by atoms with Crippen LogP contribution in [-0.2, 0) is 19.0 Å². The molecule has 8 nitrogen and oxygen atoms in total. The van der Waals surface area contributed by atoms with Gasteiger partial charge in [0.15, 0.2) is 11.6 Å². The Morgan fingerprint density at radius 2 is 1.93 bits per heavy atom. The van der Waals surface area contributed by atoms with Crippen LogP contribution in [0.1, 0.15) is 6.42 Å². The lowest BCUT2D eigenvalue weighted by Gasteiger charge is -2.34. The van der Waals surface area contributed by atoms with Crippen LogP contribution in [0.2, 0.25) is 0 Å². The summed E-state index contributed by atoms with van der Waals surface area (Å²) in [6.07, 6.45) is -3.76. The molecule has 0 aromatic heterocycles. The van der Waals surface area contributed by atoms with E-state index in [-0.39, 0.29) is 31.7 Å². The Hall–Kier alpha value is -2.05. The van der Waals surface area contributed by atoms with Gasteiger partial charge in [-0.2, -0.15) is 8.42 Å². The van der Waals surface area contributed by atoms with Crippen molar-refractivity contribution in [3.8, 4) is 0 Å². The molecule has 28 heavy (non-hydrogen) atoms. The molecule has 2 fully saturated rings. The number of amides is 1. The van der Waals surface area contributed by atoms with Crippen molar-refractivity contribution >= 4 is 27.6 Å². The smallest absolute Gasteiger partial charge is 0.414 e. The summed E-state index contributed by atoms with van der Waals surface area (Å²) in [5.74, 6) is -2.00. The third-order valence-electron chi connectivity index (χ3n) is 4.48. The van der Waals surface area contributed by atoms with Crippen molar-refractivity contribution in [3.63, 3.8) is 0 Å². The third-order valence-corrected chi connectivity index (χ3v) is 5.04. The molecule has 3 atom stereocenters. The minimum atomic E-state index is -3.73. The number of benzene rings is 1. The van der Waals surface area contributed by atoms with Gasteiger partial charge in [0.1, 0.15) is 24.6 Å². The van der Waals surface area contributed by atoms with E-state index in [2.05, 4.69) is 4.18 Å². The van der Waals surface area contributed by atoms with Crippen molar-refractivity contribution in [2.75, 3.05) is 42.3 Å². The van der Waals surface area contributed by atoms with Crippen molar-refractivity contribution in [2.45, 2.75) is 24.8 Å². The average molecular weight is 424 g/mol. The molecule has 12 heteroatoms. The third kappa shape index (κ3) is 4.50. The molecule has 2 aliphatic heterocycles. The number of anilines is 2. The first kappa shape index (κ1) is 20.7. The number of hydrogen-bond acceptors (Lipinski definition) is 7. The standard InChI is InChI=1S/C16H19F3N2O6S/c1-28(24,25)26-8-10-6-21(16(23)27-10)9-4-11(17)15(12(18)5-9)20-3-2-14(22)13(19)7-20/h4-5,10,13-14,22H,2-3,6-8H2,1H3/t10-,13?,14?/m1/s1. The Morgan fingerprint density at radius 3 is 2.50 bits per heavy atom. The highest BCUT2D eigenvalue weighted by atomic mass is 32.2. The van der Waals surface area contributed by atoms with Gasteiger partial charge in [-0.15, -0.1) is 0 Å². The van der Waals surface area contributed by atoms with Gasteiger partial charge in [0.2, 0.25) is 0 Å². The minimum absolute atomic E-state index is 0.0300. The summed E-state index contributed by atoms with van der Waals surface area (Å²) in [4.78, 5) is 14.1. The highest BCUT2D eigenvalue weighted by Crippen LogP contribution is 2.32.